The molecule has 1 aromatic heterocycles. The molecule has 7 nitrogen and oxygen atoms in total. The molecule has 1 atom stereocenters. The van der Waals surface area contributed by atoms with Crippen molar-refractivity contribution in [2.24, 2.45) is 7.05 Å². The summed E-state index contributed by atoms with van der Waals surface area (Å²) in [7, 11) is 1.75. The van der Waals surface area contributed by atoms with Crippen molar-refractivity contribution in [2.75, 3.05) is 18.5 Å². The second-order valence-electron chi connectivity index (χ2n) is 4.67. The number of hydrogen-bond donors (Lipinski definition) is 2. The highest BCUT2D eigenvalue weighted by Gasteiger charge is 2.21. The van der Waals surface area contributed by atoms with E-state index in [0.717, 1.165) is 5.75 Å². The Balaban J connectivity index is 1.50. The van der Waals surface area contributed by atoms with Crippen LogP contribution in [0.15, 0.2) is 36.5 Å². The number of urea groups is 1. The zero-order valence-electron chi connectivity index (χ0n) is 11.6. The number of aryl methyl sites for hydroxylation is 1. The van der Waals surface area contributed by atoms with Crippen LogP contribution >= 0.6 is 0 Å². The van der Waals surface area contributed by atoms with Gasteiger partial charge < -0.3 is 14.8 Å². The lowest BCUT2D eigenvalue weighted by molar-refractivity contribution is 0.0922. The lowest BCUT2D eigenvalue weighted by atomic mass is 10.2. The maximum absolute atomic E-state index is 11.8. The van der Waals surface area contributed by atoms with E-state index in [4.69, 9.17) is 9.47 Å². The molecule has 2 N–H and O–H groups in total. The number of rotatable bonds is 3. The van der Waals surface area contributed by atoms with Crippen molar-refractivity contribution in [2.45, 2.75) is 6.10 Å². The maximum Gasteiger partial charge on any atom is 0.320 e. The maximum atomic E-state index is 11.8. The van der Waals surface area contributed by atoms with Crippen LogP contribution in [0.25, 0.3) is 0 Å². The van der Waals surface area contributed by atoms with Gasteiger partial charge in [0.15, 0.2) is 17.6 Å². The van der Waals surface area contributed by atoms with E-state index in [0.29, 0.717) is 24.7 Å². The Morgan fingerprint density at radius 2 is 2.19 bits per heavy atom. The van der Waals surface area contributed by atoms with E-state index in [1.165, 1.54) is 0 Å². The fourth-order valence-electron chi connectivity index (χ4n) is 2.03. The quantitative estimate of drug-likeness (QED) is 0.894. The van der Waals surface area contributed by atoms with Crippen molar-refractivity contribution in [1.29, 1.82) is 0 Å². The Bertz CT molecular complexity index is 641. The summed E-state index contributed by atoms with van der Waals surface area (Å²) in [6, 6.07) is 8.89. The van der Waals surface area contributed by atoms with E-state index in [1.54, 1.807) is 24.0 Å². The van der Waals surface area contributed by atoms with Crippen molar-refractivity contribution in [1.82, 2.24) is 15.1 Å². The summed E-state index contributed by atoms with van der Waals surface area (Å²) < 4.78 is 12.9. The molecule has 1 aliphatic heterocycles. The molecule has 0 saturated heterocycles. The lowest BCUT2D eigenvalue weighted by Gasteiger charge is -2.26. The van der Waals surface area contributed by atoms with Crippen LogP contribution in [0, 0.1) is 0 Å². The molecule has 0 bridgehead atoms. The van der Waals surface area contributed by atoms with Crippen LogP contribution in [0.3, 0.4) is 0 Å². The monoisotopic (exact) mass is 288 g/mol. The third kappa shape index (κ3) is 3.07. The molecule has 2 heterocycles. The summed E-state index contributed by atoms with van der Waals surface area (Å²) in [5, 5.41) is 9.43. The zero-order chi connectivity index (χ0) is 14.7. The normalized spacial score (nSPS) is 16.3. The van der Waals surface area contributed by atoms with Crippen LogP contribution in [-0.2, 0) is 7.05 Å². The Morgan fingerprint density at radius 3 is 2.95 bits per heavy atom. The number of carbonyl (C=O) groups excluding carboxylic acids is 1. The average Bonchev–Trinajstić information content (AvgIpc) is 2.90. The molecule has 0 radical (unpaired) electrons. The molecule has 1 aliphatic rings. The molecule has 110 valence electrons. The van der Waals surface area contributed by atoms with Crippen LogP contribution in [0.5, 0.6) is 11.5 Å². The number of hydrogen-bond acceptors (Lipinski definition) is 4. The highest BCUT2D eigenvalue weighted by molar-refractivity contribution is 5.88. The highest BCUT2D eigenvalue weighted by atomic mass is 16.6. The minimum Gasteiger partial charge on any atom is -0.486 e. The number of para-hydroxylation sites is 2. The molecule has 7 heteroatoms. The van der Waals surface area contributed by atoms with Gasteiger partial charge in [0.05, 0.1) is 12.7 Å². The minimum absolute atomic E-state index is 0.211. The standard InChI is InChI=1S/C14H16N4O3/c1-18-13(6-7-16-18)17-14(19)15-8-10-9-20-11-4-2-3-5-12(11)21-10/h2-7,10H,8-9H2,1H3,(H2,15,17,19). The van der Waals surface area contributed by atoms with Crippen LogP contribution in [-0.4, -0.2) is 35.1 Å². The van der Waals surface area contributed by atoms with E-state index >= 15 is 0 Å². The van der Waals surface area contributed by atoms with E-state index in [2.05, 4.69) is 15.7 Å². The third-order valence-electron chi connectivity index (χ3n) is 3.12. The number of benzene rings is 1. The molecule has 2 amide bonds. The first-order chi connectivity index (χ1) is 10.2. The van der Waals surface area contributed by atoms with Gasteiger partial charge in [-0.15, -0.1) is 0 Å². The summed E-state index contributed by atoms with van der Waals surface area (Å²) in [5.41, 5.74) is 0. The number of anilines is 1. The fourth-order valence-corrected chi connectivity index (χ4v) is 2.03. The highest BCUT2D eigenvalue weighted by Crippen LogP contribution is 2.30. The SMILES string of the molecule is Cn1nccc1NC(=O)NCC1COc2ccccc2O1. The van der Waals surface area contributed by atoms with Crippen LogP contribution in [0.4, 0.5) is 10.6 Å². The Morgan fingerprint density at radius 1 is 1.38 bits per heavy atom. The predicted molar refractivity (Wildman–Crippen MR) is 76.6 cm³/mol. The third-order valence-corrected chi connectivity index (χ3v) is 3.12. The summed E-state index contributed by atoms with van der Waals surface area (Å²) in [6.45, 7) is 0.765. The predicted octanol–water partition coefficient (Wildman–Crippen LogP) is 1.38. The Labute approximate surface area is 121 Å². The number of fused-ring (bicyclic) bond motifs is 1. The minimum atomic E-state index is -0.305. The van der Waals surface area contributed by atoms with Gasteiger partial charge in [0, 0.05) is 13.1 Å². The molecule has 0 spiro atoms. The molecular weight excluding hydrogens is 272 g/mol. The average molecular weight is 288 g/mol. The van der Waals surface area contributed by atoms with Crippen molar-refractivity contribution in [3.63, 3.8) is 0 Å². The van der Waals surface area contributed by atoms with Gasteiger partial charge in [0.1, 0.15) is 12.4 Å². The molecule has 1 unspecified atom stereocenters. The van der Waals surface area contributed by atoms with Gasteiger partial charge in [-0.05, 0) is 12.1 Å². The van der Waals surface area contributed by atoms with Gasteiger partial charge in [-0.2, -0.15) is 5.10 Å². The van der Waals surface area contributed by atoms with Gasteiger partial charge in [0.25, 0.3) is 0 Å². The number of aromatic nitrogens is 2. The summed E-state index contributed by atoms with van der Waals surface area (Å²) in [4.78, 5) is 11.8. The van der Waals surface area contributed by atoms with E-state index < -0.39 is 0 Å². The van der Waals surface area contributed by atoms with Gasteiger partial charge in [-0.1, -0.05) is 12.1 Å². The Hall–Kier alpha value is -2.70. The van der Waals surface area contributed by atoms with E-state index in [9.17, 15) is 4.79 Å². The fraction of sp³-hybridized carbons (Fsp3) is 0.286. The zero-order valence-corrected chi connectivity index (χ0v) is 11.6. The summed E-state index contributed by atoms with van der Waals surface area (Å²) in [5.74, 6) is 2.05. The van der Waals surface area contributed by atoms with E-state index in [-0.39, 0.29) is 12.1 Å². The first kappa shape index (κ1) is 13.3. The number of carbonyl (C=O) groups is 1. The lowest BCUT2D eigenvalue weighted by Crippen LogP contribution is -2.42. The first-order valence-electron chi connectivity index (χ1n) is 6.64. The van der Waals surface area contributed by atoms with Crippen molar-refractivity contribution in [3.05, 3.63) is 36.5 Å². The van der Waals surface area contributed by atoms with Crippen LogP contribution in [0.1, 0.15) is 0 Å². The molecule has 0 aliphatic carbocycles. The Kier molecular flexibility index (Phi) is 3.63. The van der Waals surface area contributed by atoms with E-state index in [1.807, 2.05) is 24.3 Å². The molecule has 3 rings (SSSR count). The summed E-state index contributed by atoms with van der Waals surface area (Å²) in [6.07, 6.45) is 1.40. The van der Waals surface area contributed by atoms with Crippen molar-refractivity contribution >= 4 is 11.8 Å². The molecular formula is C14H16N4O3. The second kappa shape index (κ2) is 5.74. The topological polar surface area (TPSA) is 77.4 Å². The van der Waals surface area contributed by atoms with Gasteiger partial charge in [-0.25, -0.2) is 4.79 Å². The van der Waals surface area contributed by atoms with Crippen molar-refractivity contribution < 1.29 is 14.3 Å². The second-order valence-corrected chi connectivity index (χ2v) is 4.67. The van der Waals surface area contributed by atoms with Gasteiger partial charge in [-0.3, -0.25) is 10.00 Å². The number of ether oxygens (including phenoxy) is 2. The van der Waals surface area contributed by atoms with Crippen molar-refractivity contribution in [3.8, 4) is 11.5 Å². The van der Waals surface area contributed by atoms with Gasteiger partial charge in [0.2, 0.25) is 0 Å². The summed E-state index contributed by atoms with van der Waals surface area (Å²) >= 11 is 0. The molecule has 0 fully saturated rings. The number of amides is 2. The first-order valence-corrected chi connectivity index (χ1v) is 6.64. The number of nitrogens with zero attached hydrogens (tertiary/aromatic N) is 2. The largest absolute Gasteiger partial charge is 0.486 e. The van der Waals surface area contributed by atoms with Crippen LogP contribution in [0.2, 0.25) is 0 Å². The molecule has 2 aromatic rings. The smallest absolute Gasteiger partial charge is 0.320 e. The van der Waals surface area contributed by atoms with Crippen LogP contribution < -0.4 is 20.1 Å². The van der Waals surface area contributed by atoms with Gasteiger partial charge >= 0.3 is 6.03 Å². The molecule has 0 saturated carbocycles. The number of nitrogens with one attached hydrogen (secondary N) is 2. The molecule has 21 heavy (non-hydrogen) atoms. The molecule has 1 aromatic carbocycles.